The van der Waals surface area contributed by atoms with Crippen molar-refractivity contribution in [2.45, 2.75) is 33.7 Å². The minimum atomic E-state index is -0.828. The van der Waals surface area contributed by atoms with Crippen LogP contribution in [0.15, 0.2) is 57.5 Å². The van der Waals surface area contributed by atoms with Gasteiger partial charge in [0.05, 0.1) is 28.5 Å². The van der Waals surface area contributed by atoms with Crippen molar-refractivity contribution < 1.29 is 38.1 Å². The van der Waals surface area contributed by atoms with Crippen LogP contribution in [0, 0.1) is 0 Å². The molecule has 5 rings (SSSR count). The molecule has 0 N–H and O–H groups in total. The molecule has 0 fully saturated rings. The summed E-state index contributed by atoms with van der Waals surface area (Å²) in [5.74, 6) is -0.563. The van der Waals surface area contributed by atoms with Crippen LogP contribution in [0.5, 0.6) is 23.0 Å². The number of carbonyl (C=O) groups excluding carboxylic acids is 3. The van der Waals surface area contributed by atoms with E-state index in [0.717, 1.165) is 11.3 Å². The summed E-state index contributed by atoms with van der Waals surface area (Å²) in [7, 11) is 0. The molecule has 12 heteroatoms. The van der Waals surface area contributed by atoms with Gasteiger partial charge in [-0.25, -0.2) is 9.79 Å². The maximum atomic E-state index is 13.9. The van der Waals surface area contributed by atoms with Gasteiger partial charge >= 0.3 is 17.9 Å². The Balaban J connectivity index is 1.66. The number of allylic oxidation sites excluding steroid dienone is 1. The average Bonchev–Trinajstić information content (AvgIpc) is 3.22. The summed E-state index contributed by atoms with van der Waals surface area (Å²) in [6, 6.07) is 9.05. The summed E-state index contributed by atoms with van der Waals surface area (Å²) in [5, 5.41) is 0. The first-order valence-corrected chi connectivity index (χ1v) is 13.6. The first-order valence-electron chi connectivity index (χ1n) is 12.8. The molecule has 11 nitrogen and oxygen atoms in total. The Kier molecular flexibility index (Phi) is 7.75. The largest absolute Gasteiger partial charge is 0.486 e. The summed E-state index contributed by atoms with van der Waals surface area (Å²) < 4.78 is 28.9. The molecular formula is C29H26N2O9S. The Labute approximate surface area is 237 Å². The molecule has 1 aromatic heterocycles. The molecule has 41 heavy (non-hydrogen) atoms. The number of fused-ring (bicyclic) bond motifs is 2. The summed E-state index contributed by atoms with van der Waals surface area (Å²) >= 11 is 1.14. The van der Waals surface area contributed by atoms with Crippen LogP contribution in [-0.2, 0) is 19.1 Å². The van der Waals surface area contributed by atoms with Gasteiger partial charge in [0.15, 0.2) is 27.8 Å². The molecule has 0 radical (unpaired) electrons. The van der Waals surface area contributed by atoms with Crippen LogP contribution in [0.1, 0.15) is 44.9 Å². The predicted octanol–water partition coefficient (Wildman–Crippen LogP) is 2.42. The van der Waals surface area contributed by atoms with Gasteiger partial charge in [0.2, 0.25) is 0 Å². The SMILES string of the molecule is CCOC(=O)C1=C(C)N=c2s/c(=C\c3ccc(OC(C)=O)c(OC(C)=O)c3)c(=O)n2C1c1ccc2c(c1)OCCO2. The van der Waals surface area contributed by atoms with Gasteiger partial charge in [-0.3, -0.25) is 19.0 Å². The number of hydrogen-bond acceptors (Lipinski definition) is 11. The second-order valence-corrected chi connectivity index (χ2v) is 10.1. The Morgan fingerprint density at radius 3 is 2.44 bits per heavy atom. The molecule has 0 saturated carbocycles. The van der Waals surface area contributed by atoms with E-state index in [1.807, 2.05) is 0 Å². The highest BCUT2D eigenvalue weighted by atomic mass is 32.1. The fourth-order valence-electron chi connectivity index (χ4n) is 4.58. The third-order valence-corrected chi connectivity index (χ3v) is 7.15. The first kappa shape index (κ1) is 27.8. The second-order valence-electron chi connectivity index (χ2n) is 9.10. The van der Waals surface area contributed by atoms with Gasteiger partial charge in [-0.15, -0.1) is 0 Å². The van der Waals surface area contributed by atoms with Crippen molar-refractivity contribution in [3.8, 4) is 23.0 Å². The predicted molar refractivity (Wildman–Crippen MR) is 147 cm³/mol. The van der Waals surface area contributed by atoms with E-state index in [1.54, 1.807) is 44.2 Å². The maximum Gasteiger partial charge on any atom is 0.338 e. The third kappa shape index (κ3) is 5.64. The Bertz CT molecular complexity index is 1780. The van der Waals surface area contributed by atoms with E-state index in [1.165, 1.54) is 30.5 Å². The van der Waals surface area contributed by atoms with E-state index in [9.17, 15) is 19.2 Å². The normalized spacial score (nSPS) is 16.0. The van der Waals surface area contributed by atoms with Gasteiger partial charge in [0, 0.05) is 13.8 Å². The van der Waals surface area contributed by atoms with E-state index < -0.39 is 23.9 Å². The lowest BCUT2D eigenvalue weighted by atomic mass is 9.95. The number of esters is 3. The summed E-state index contributed by atoms with van der Waals surface area (Å²) in [6.07, 6.45) is 1.61. The van der Waals surface area contributed by atoms with E-state index in [2.05, 4.69) is 4.99 Å². The van der Waals surface area contributed by atoms with Crippen molar-refractivity contribution in [3.05, 3.63) is 78.5 Å². The highest BCUT2D eigenvalue weighted by Gasteiger charge is 2.34. The Morgan fingerprint density at radius 1 is 1.02 bits per heavy atom. The van der Waals surface area contributed by atoms with Crippen LogP contribution in [-0.4, -0.2) is 42.3 Å². The van der Waals surface area contributed by atoms with Crippen molar-refractivity contribution in [2.75, 3.05) is 19.8 Å². The van der Waals surface area contributed by atoms with Crippen molar-refractivity contribution in [1.82, 2.24) is 4.57 Å². The smallest absolute Gasteiger partial charge is 0.338 e. The zero-order valence-electron chi connectivity index (χ0n) is 22.7. The van der Waals surface area contributed by atoms with Gasteiger partial charge < -0.3 is 23.7 Å². The number of aromatic nitrogens is 1. The monoisotopic (exact) mass is 578 g/mol. The van der Waals surface area contributed by atoms with Gasteiger partial charge in [-0.05, 0) is 55.3 Å². The molecule has 0 spiro atoms. The Hall–Kier alpha value is -4.71. The maximum absolute atomic E-state index is 13.9. The minimum absolute atomic E-state index is 0.0313. The summed E-state index contributed by atoms with van der Waals surface area (Å²) in [5.41, 5.74) is 1.42. The van der Waals surface area contributed by atoms with E-state index in [4.69, 9.17) is 23.7 Å². The lowest BCUT2D eigenvalue weighted by Gasteiger charge is -2.26. The molecule has 0 amide bonds. The number of hydrogen-bond donors (Lipinski definition) is 0. The molecule has 1 atom stereocenters. The van der Waals surface area contributed by atoms with Gasteiger partial charge in [-0.1, -0.05) is 23.5 Å². The topological polar surface area (TPSA) is 132 Å². The zero-order chi connectivity index (χ0) is 29.3. The van der Waals surface area contributed by atoms with Crippen LogP contribution in [0.2, 0.25) is 0 Å². The van der Waals surface area contributed by atoms with Crippen LogP contribution in [0.3, 0.4) is 0 Å². The molecule has 2 aliphatic rings. The number of benzene rings is 2. The minimum Gasteiger partial charge on any atom is -0.486 e. The Morgan fingerprint density at radius 2 is 1.73 bits per heavy atom. The number of thiazole rings is 1. The number of carbonyl (C=O) groups is 3. The molecule has 3 aromatic rings. The number of nitrogens with zero attached hydrogens (tertiary/aromatic N) is 2. The highest BCUT2D eigenvalue weighted by molar-refractivity contribution is 7.07. The first-order chi connectivity index (χ1) is 19.7. The molecule has 212 valence electrons. The van der Waals surface area contributed by atoms with Gasteiger partial charge in [0.1, 0.15) is 13.2 Å². The third-order valence-electron chi connectivity index (χ3n) is 6.17. The quantitative estimate of drug-likeness (QED) is 0.320. The summed E-state index contributed by atoms with van der Waals surface area (Å²) in [6.45, 7) is 6.83. The fraction of sp³-hybridized carbons (Fsp3) is 0.276. The van der Waals surface area contributed by atoms with Crippen molar-refractivity contribution in [2.24, 2.45) is 4.99 Å². The lowest BCUT2D eigenvalue weighted by Crippen LogP contribution is -2.40. The molecule has 1 unspecified atom stereocenters. The molecule has 0 bridgehead atoms. The van der Waals surface area contributed by atoms with Crippen LogP contribution >= 0.6 is 11.3 Å². The second kappa shape index (κ2) is 11.4. The highest BCUT2D eigenvalue weighted by Crippen LogP contribution is 2.37. The van der Waals surface area contributed by atoms with Crippen LogP contribution in [0.25, 0.3) is 6.08 Å². The average molecular weight is 579 g/mol. The standard InChI is InChI=1S/C29H26N2O9S/c1-5-36-28(35)25-15(2)30-29-31(26(25)19-7-9-20-22(14-19)38-11-10-37-20)27(34)24(41-29)13-18-6-8-21(39-16(3)32)23(12-18)40-17(4)33/h6-9,12-14,26H,5,10-11H2,1-4H3/b24-13-. The molecule has 0 aliphatic carbocycles. The molecule has 3 heterocycles. The van der Waals surface area contributed by atoms with Crippen LogP contribution < -0.4 is 33.8 Å². The molecule has 2 aromatic carbocycles. The summed E-state index contributed by atoms with van der Waals surface area (Å²) in [4.78, 5) is 55.1. The van der Waals surface area contributed by atoms with E-state index in [-0.39, 0.29) is 29.2 Å². The van der Waals surface area contributed by atoms with Crippen molar-refractivity contribution in [1.29, 1.82) is 0 Å². The van der Waals surface area contributed by atoms with Crippen molar-refractivity contribution >= 4 is 35.3 Å². The molecule has 0 saturated heterocycles. The van der Waals surface area contributed by atoms with Gasteiger partial charge in [-0.2, -0.15) is 0 Å². The van der Waals surface area contributed by atoms with Crippen molar-refractivity contribution in [3.63, 3.8) is 0 Å². The van der Waals surface area contributed by atoms with Crippen LogP contribution in [0.4, 0.5) is 0 Å². The lowest BCUT2D eigenvalue weighted by molar-refractivity contribution is -0.139. The number of rotatable bonds is 6. The molecule has 2 aliphatic heterocycles. The van der Waals surface area contributed by atoms with E-state index >= 15 is 0 Å². The van der Waals surface area contributed by atoms with E-state index in [0.29, 0.717) is 50.9 Å². The van der Waals surface area contributed by atoms with Gasteiger partial charge in [0.25, 0.3) is 5.56 Å². The fourth-order valence-corrected chi connectivity index (χ4v) is 5.62. The zero-order valence-corrected chi connectivity index (χ0v) is 23.5. The molecular weight excluding hydrogens is 552 g/mol. The number of ether oxygens (including phenoxy) is 5.